The van der Waals surface area contributed by atoms with E-state index in [1.165, 1.54) is 22.4 Å². The summed E-state index contributed by atoms with van der Waals surface area (Å²) in [5.41, 5.74) is 7.14. The van der Waals surface area contributed by atoms with Crippen LogP contribution in [0.1, 0.15) is 44.4 Å². The van der Waals surface area contributed by atoms with E-state index in [1.807, 2.05) is 54.7 Å². The van der Waals surface area contributed by atoms with Gasteiger partial charge in [0.25, 0.3) is 0 Å². The van der Waals surface area contributed by atoms with Crippen molar-refractivity contribution in [1.29, 1.82) is 0 Å². The fourth-order valence-electron chi connectivity index (χ4n) is 4.54. The number of para-hydroxylation sites is 2. The van der Waals surface area contributed by atoms with Gasteiger partial charge >= 0.3 is 0 Å². The van der Waals surface area contributed by atoms with E-state index >= 15 is 0 Å². The minimum Gasteiger partial charge on any atom is -0.493 e. The highest BCUT2D eigenvalue weighted by Crippen LogP contribution is 2.40. The molecule has 0 spiro atoms. The number of methoxy groups -OCH3 is 1. The number of aryl methyl sites for hydroxylation is 1. The summed E-state index contributed by atoms with van der Waals surface area (Å²) in [6.45, 7) is 12.1. The molecule has 4 heteroatoms. The van der Waals surface area contributed by atoms with Crippen LogP contribution in [0.2, 0.25) is 0 Å². The van der Waals surface area contributed by atoms with Gasteiger partial charge in [-0.1, -0.05) is 18.2 Å². The second kappa shape index (κ2) is 9.14. The molecular formula is C29H32N2O2. The Labute approximate surface area is 197 Å². The van der Waals surface area contributed by atoms with Crippen molar-refractivity contribution in [1.82, 2.24) is 0 Å². The molecule has 0 atom stereocenters. The van der Waals surface area contributed by atoms with E-state index in [4.69, 9.17) is 14.5 Å². The lowest BCUT2D eigenvalue weighted by molar-refractivity contribution is 0.379. The fraction of sp³-hybridized carbons (Fsp3) is 0.276. The first-order chi connectivity index (χ1) is 15.8. The van der Waals surface area contributed by atoms with Crippen molar-refractivity contribution in [3.05, 3.63) is 83.4 Å². The Hall–Kier alpha value is -3.53. The van der Waals surface area contributed by atoms with Crippen molar-refractivity contribution in [3.8, 4) is 17.2 Å². The average Bonchev–Trinajstić information content (AvgIpc) is 2.79. The predicted octanol–water partition coefficient (Wildman–Crippen LogP) is 7.57. The van der Waals surface area contributed by atoms with Gasteiger partial charge in [0.1, 0.15) is 5.75 Å². The summed E-state index contributed by atoms with van der Waals surface area (Å²) in [5, 5.41) is 0. The zero-order valence-corrected chi connectivity index (χ0v) is 20.3. The van der Waals surface area contributed by atoms with E-state index in [0.29, 0.717) is 11.5 Å². The van der Waals surface area contributed by atoms with Crippen molar-refractivity contribution in [2.45, 2.75) is 40.2 Å². The van der Waals surface area contributed by atoms with Gasteiger partial charge in [0.15, 0.2) is 11.5 Å². The van der Waals surface area contributed by atoms with Crippen LogP contribution < -0.4 is 14.4 Å². The van der Waals surface area contributed by atoms with Crippen LogP contribution in [0.3, 0.4) is 0 Å². The number of benzene rings is 3. The van der Waals surface area contributed by atoms with Crippen LogP contribution in [0.4, 0.5) is 11.4 Å². The standard InChI is InChI=1S/C29H32N2O2/c1-7-31-26-16-20(2)22(17-25(26)21(3)18-29(31,4)5)19-30-23-12-14-24(15-13-23)33-28-11-9-8-10-27(28)32-6/h8-19H,7H2,1-6H3. The molecule has 3 aromatic rings. The van der Waals surface area contributed by atoms with Crippen molar-refractivity contribution in [2.24, 2.45) is 4.99 Å². The molecule has 0 radical (unpaired) electrons. The smallest absolute Gasteiger partial charge is 0.169 e. The van der Waals surface area contributed by atoms with Crippen LogP contribution in [0.25, 0.3) is 5.57 Å². The first-order valence-corrected chi connectivity index (χ1v) is 11.4. The number of nitrogens with zero attached hydrogens (tertiary/aromatic N) is 2. The monoisotopic (exact) mass is 440 g/mol. The second-order valence-corrected chi connectivity index (χ2v) is 8.96. The molecule has 170 valence electrons. The average molecular weight is 441 g/mol. The Morgan fingerprint density at radius 2 is 1.67 bits per heavy atom. The molecule has 1 heterocycles. The lowest BCUT2D eigenvalue weighted by Gasteiger charge is -2.43. The maximum Gasteiger partial charge on any atom is 0.169 e. The molecule has 0 aromatic heterocycles. The summed E-state index contributed by atoms with van der Waals surface area (Å²) in [6, 6.07) is 19.9. The molecule has 1 aliphatic heterocycles. The highest BCUT2D eigenvalue weighted by atomic mass is 16.5. The van der Waals surface area contributed by atoms with Crippen LogP contribution in [0.5, 0.6) is 17.2 Å². The third kappa shape index (κ3) is 4.65. The molecule has 1 aliphatic rings. The molecule has 0 saturated carbocycles. The number of likely N-dealkylation sites (N-methyl/N-ethyl adjacent to an activating group) is 1. The fourth-order valence-corrected chi connectivity index (χ4v) is 4.54. The third-order valence-electron chi connectivity index (χ3n) is 6.17. The van der Waals surface area contributed by atoms with Gasteiger partial charge in [-0.2, -0.15) is 0 Å². The van der Waals surface area contributed by atoms with Crippen LogP contribution in [0, 0.1) is 6.92 Å². The molecule has 4 rings (SSSR count). The van der Waals surface area contributed by atoms with Crippen LogP contribution in [-0.4, -0.2) is 25.4 Å². The minimum atomic E-state index is 0.0153. The second-order valence-electron chi connectivity index (χ2n) is 8.96. The molecule has 4 nitrogen and oxygen atoms in total. The van der Waals surface area contributed by atoms with E-state index in [-0.39, 0.29) is 5.54 Å². The van der Waals surface area contributed by atoms with Crippen molar-refractivity contribution >= 4 is 23.2 Å². The van der Waals surface area contributed by atoms with Gasteiger partial charge in [0, 0.05) is 24.0 Å². The number of ether oxygens (including phenoxy) is 2. The quantitative estimate of drug-likeness (QED) is 0.371. The van der Waals surface area contributed by atoms with E-state index < -0.39 is 0 Å². The zero-order chi connectivity index (χ0) is 23.6. The summed E-state index contributed by atoms with van der Waals surface area (Å²) >= 11 is 0. The van der Waals surface area contributed by atoms with Gasteiger partial charge < -0.3 is 14.4 Å². The zero-order valence-electron chi connectivity index (χ0n) is 20.3. The van der Waals surface area contributed by atoms with Gasteiger partial charge in [0.2, 0.25) is 0 Å². The minimum absolute atomic E-state index is 0.0153. The van der Waals surface area contributed by atoms with E-state index in [0.717, 1.165) is 23.5 Å². The van der Waals surface area contributed by atoms with Crippen LogP contribution in [-0.2, 0) is 0 Å². The van der Waals surface area contributed by atoms with E-state index in [9.17, 15) is 0 Å². The normalized spacial score (nSPS) is 14.7. The predicted molar refractivity (Wildman–Crippen MR) is 139 cm³/mol. The van der Waals surface area contributed by atoms with Crippen molar-refractivity contribution in [2.75, 3.05) is 18.6 Å². The summed E-state index contributed by atoms with van der Waals surface area (Å²) < 4.78 is 11.3. The number of fused-ring (bicyclic) bond motifs is 1. The molecule has 0 N–H and O–H groups in total. The Morgan fingerprint density at radius 1 is 0.970 bits per heavy atom. The highest BCUT2D eigenvalue weighted by molar-refractivity contribution is 5.90. The first-order valence-electron chi connectivity index (χ1n) is 11.4. The number of rotatable bonds is 6. The first kappa shape index (κ1) is 22.7. The van der Waals surface area contributed by atoms with Gasteiger partial charge in [-0.3, -0.25) is 4.99 Å². The summed E-state index contributed by atoms with van der Waals surface area (Å²) in [6.07, 6.45) is 4.31. The number of anilines is 1. The largest absolute Gasteiger partial charge is 0.493 e. The van der Waals surface area contributed by atoms with Crippen LogP contribution >= 0.6 is 0 Å². The lowest BCUT2D eigenvalue weighted by Crippen LogP contribution is -2.45. The van der Waals surface area contributed by atoms with E-state index in [1.54, 1.807) is 7.11 Å². The van der Waals surface area contributed by atoms with E-state index in [2.05, 4.69) is 57.7 Å². The number of hydrogen-bond acceptors (Lipinski definition) is 4. The third-order valence-corrected chi connectivity index (χ3v) is 6.17. The van der Waals surface area contributed by atoms with Gasteiger partial charge in [0.05, 0.1) is 18.3 Å². The highest BCUT2D eigenvalue weighted by Gasteiger charge is 2.30. The molecular weight excluding hydrogens is 408 g/mol. The lowest BCUT2D eigenvalue weighted by atomic mass is 9.87. The Bertz CT molecular complexity index is 1210. The number of hydrogen-bond donors (Lipinski definition) is 0. The molecule has 33 heavy (non-hydrogen) atoms. The molecule has 0 unspecified atom stereocenters. The van der Waals surface area contributed by atoms with Crippen molar-refractivity contribution in [3.63, 3.8) is 0 Å². The Kier molecular flexibility index (Phi) is 6.28. The topological polar surface area (TPSA) is 34.1 Å². The summed E-state index contributed by atoms with van der Waals surface area (Å²) in [5.74, 6) is 2.14. The molecule has 0 saturated heterocycles. The summed E-state index contributed by atoms with van der Waals surface area (Å²) in [7, 11) is 1.64. The molecule has 0 bridgehead atoms. The molecule has 0 aliphatic carbocycles. The molecule has 3 aromatic carbocycles. The molecule has 0 amide bonds. The Balaban J connectivity index is 1.56. The maximum absolute atomic E-state index is 5.96. The van der Waals surface area contributed by atoms with Crippen LogP contribution in [0.15, 0.2) is 71.7 Å². The van der Waals surface area contributed by atoms with Crippen molar-refractivity contribution < 1.29 is 9.47 Å². The van der Waals surface area contributed by atoms with Gasteiger partial charge in [-0.25, -0.2) is 0 Å². The maximum atomic E-state index is 5.96. The van der Waals surface area contributed by atoms with Gasteiger partial charge in [-0.15, -0.1) is 0 Å². The summed E-state index contributed by atoms with van der Waals surface area (Å²) in [4.78, 5) is 7.18. The number of aliphatic imine (C=N–C) groups is 1. The Morgan fingerprint density at radius 3 is 2.33 bits per heavy atom. The van der Waals surface area contributed by atoms with Gasteiger partial charge in [-0.05, 0) is 99.8 Å². The molecule has 0 fully saturated rings. The SMILES string of the molecule is CCN1c2cc(C)c(C=Nc3ccc(Oc4ccccc4OC)cc3)cc2C(C)=CC1(C)C. The number of allylic oxidation sites excluding steroid dienone is 1.